The Hall–Kier alpha value is -10.2. The summed E-state index contributed by atoms with van der Waals surface area (Å²) in [4.78, 5) is 4.85. The van der Waals surface area contributed by atoms with Crippen LogP contribution in [0, 0.1) is 0 Å². The van der Waals surface area contributed by atoms with Crippen LogP contribution in [-0.4, -0.2) is 0 Å². The van der Waals surface area contributed by atoms with Gasteiger partial charge in [0.2, 0.25) is 0 Å². The second-order valence-electron chi connectivity index (χ2n) is 23.6. The molecule has 83 heavy (non-hydrogen) atoms. The number of anilines is 6. The Morgan fingerprint density at radius 2 is 0.627 bits per heavy atom. The van der Waals surface area contributed by atoms with Crippen molar-refractivity contribution in [2.24, 2.45) is 0 Å². The van der Waals surface area contributed by atoms with Crippen molar-refractivity contribution in [2.75, 3.05) is 9.80 Å². The van der Waals surface area contributed by atoms with E-state index in [9.17, 15) is 0 Å². The van der Waals surface area contributed by atoms with Gasteiger partial charge in [0, 0.05) is 55.4 Å². The summed E-state index contributed by atoms with van der Waals surface area (Å²) in [6, 6.07) is 103. The van der Waals surface area contributed by atoms with Crippen LogP contribution in [0.15, 0.2) is 283 Å². The molecule has 16 rings (SSSR count). The minimum Gasteiger partial charge on any atom is -0.456 e. The van der Waals surface area contributed by atoms with Crippen molar-refractivity contribution in [1.29, 1.82) is 0 Å². The van der Waals surface area contributed by atoms with Crippen molar-refractivity contribution in [1.82, 2.24) is 0 Å². The van der Waals surface area contributed by atoms with Gasteiger partial charge in [-0.15, -0.1) is 0 Å². The van der Waals surface area contributed by atoms with E-state index in [0.717, 1.165) is 88.7 Å². The van der Waals surface area contributed by atoms with Crippen molar-refractivity contribution in [3.63, 3.8) is 0 Å². The monoisotopic (exact) mass is 1060 g/mol. The molecule has 0 N–H and O–H groups in total. The van der Waals surface area contributed by atoms with Crippen LogP contribution in [0.3, 0.4) is 0 Å². The van der Waals surface area contributed by atoms with Crippen molar-refractivity contribution < 1.29 is 4.42 Å². The minimum absolute atomic E-state index is 0.133. The number of fused-ring (bicyclic) bond motifs is 7. The maximum atomic E-state index is 7.20. The highest BCUT2D eigenvalue weighted by Crippen LogP contribution is 2.54. The summed E-state index contributed by atoms with van der Waals surface area (Å²) in [6.45, 7) is 9.43. The van der Waals surface area contributed by atoms with E-state index in [-0.39, 0.29) is 10.8 Å². The van der Waals surface area contributed by atoms with Gasteiger partial charge in [-0.25, -0.2) is 0 Å². The lowest BCUT2D eigenvalue weighted by atomic mass is 9.82. The first-order valence-electron chi connectivity index (χ1n) is 29.0. The van der Waals surface area contributed by atoms with Gasteiger partial charge >= 0.3 is 0 Å². The molecule has 0 bridgehead atoms. The topological polar surface area (TPSA) is 19.6 Å². The highest BCUT2D eigenvalue weighted by atomic mass is 16.3. The lowest BCUT2D eigenvalue weighted by Crippen LogP contribution is -2.16. The van der Waals surface area contributed by atoms with E-state index in [2.05, 4.69) is 317 Å². The Bertz CT molecular complexity index is 4880. The number of rotatable bonds is 9. The molecule has 0 saturated carbocycles. The number of nitrogens with zero attached hydrogens (tertiary/aromatic N) is 2. The van der Waals surface area contributed by atoms with Crippen LogP contribution >= 0.6 is 0 Å². The molecule has 2 aliphatic carbocycles. The van der Waals surface area contributed by atoms with Gasteiger partial charge in [-0.3, -0.25) is 0 Å². The second kappa shape index (κ2) is 18.7. The first kappa shape index (κ1) is 48.7. The average molecular weight is 1060 g/mol. The van der Waals surface area contributed by atoms with Gasteiger partial charge in [0.25, 0.3) is 0 Å². The molecule has 0 aliphatic heterocycles. The van der Waals surface area contributed by atoms with Crippen molar-refractivity contribution >= 4 is 77.6 Å². The maximum absolute atomic E-state index is 7.20. The third-order valence-electron chi connectivity index (χ3n) is 18.3. The molecule has 0 fully saturated rings. The smallest absolute Gasteiger partial charge is 0.136 e. The molecule has 3 heteroatoms. The fraction of sp³-hybridized carbons (Fsp3) is 0.0750. The van der Waals surface area contributed by atoms with Crippen LogP contribution in [0.4, 0.5) is 34.1 Å². The molecule has 1 aromatic heterocycles. The molecule has 14 aromatic rings. The molecule has 13 aromatic carbocycles. The molecular formula is C80H58N2O. The van der Waals surface area contributed by atoms with E-state index in [1.54, 1.807) is 0 Å². The van der Waals surface area contributed by atoms with Crippen LogP contribution < -0.4 is 9.80 Å². The standard InChI is InChI=1S/C80H58N2O/c1-79(2)70-27-13-11-21-62(70)64-43-41-59(49-72(64)79)81(56-35-29-53(30-36-56)51-17-7-5-8-18-51)57-39-33-55(34-40-57)61-45-47-75-77-66(61)23-15-24-67(77)68-25-16-26-69-74(46-48-76(83-75)78(68)69)82(58-37-31-54(32-38-58)52-19-9-6-10-20-52)60-42-44-65-63-22-12-14-28-71(63)80(3,4)73(65)50-60/h5-50H,1-4H3. The zero-order valence-corrected chi connectivity index (χ0v) is 46.9. The summed E-state index contributed by atoms with van der Waals surface area (Å²) in [5.41, 5.74) is 25.7. The third kappa shape index (κ3) is 7.65. The predicted octanol–water partition coefficient (Wildman–Crippen LogP) is 22.4. The highest BCUT2D eigenvalue weighted by Gasteiger charge is 2.37. The fourth-order valence-corrected chi connectivity index (χ4v) is 14.1. The van der Waals surface area contributed by atoms with Crippen molar-refractivity contribution in [3.05, 3.63) is 301 Å². The predicted molar refractivity (Wildman–Crippen MR) is 350 cm³/mol. The lowest BCUT2D eigenvalue weighted by Gasteiger charge is -2.29. The number of hydrogen-bond donors (Lipinski definition) is 0. The van der Waals surface area contributed by atoms with E-state index < -0.39 is 0 Å². The molecule has 0 atom stereocenters. The summed E-state index contributed by atoms with van der Waals surface area (Å²) < 4.78 is 7.20. The quantitative estimate of drug-likeness (QED) is 0.144. The maximum Gasteiger partial charge on any atom is 0.136 e. The number of hydrogen-bond acceptors (Lipinski definition) is 3. The third-order valence-corrected chi connectivity index (χ3v) is 18.3. The Labute approximate surface area is 484 Å². The molecule has 3 nitrogen and oxygen atoms in total. The van der Waals surface area contributed by atoms with E-state index >= 15 is 0 Å². The summed E-state index contributed by atoms with van der Waals surface area (Å²) in [7, 11) is 0. The molecule has 394 valence electrons. The molecule has 0 unspecified atom stereocenters. The Kier molecular flexibility index (Phi) is 10.9. The van der Waals surface area contributed by atoms with Crippen LogP contribution in [0.25, 0.3) is 99.1 Å². The van der Waals surface area contributed by atoms with Crippen LogP contribution in [-0.2, 0) is 10.8 Å². The zero-order valence-electron chi connectivity index (χ0n) is 46.9. The lowest BCUT2D eigenvalue weighted by molar-refractivity contribution is 0.660. The van der Waals surface area contributed by atoms with E-state index in [4.69, 9.17) is 4.42 Å². The summed E-state index contributed by atoms with van der Waals surface area (Å²) in [5.74, 6) is 0. The summed E-state index contributed by atoms with van der Waals surface area (Å²) in [5, 5.41) is 6.76. The molecule has 1 heterocycles. The highest BCUT2D eigenvalue weighted by molar-refractivity contribution is 6.26. The van der Waals surface area contributed by atoms with Gasteiger partial charge in [0.1, 0.15) is 11.2 Å². The van der Waals surface area contributed by atoms with Crippen LogP contribution in [0.2, 0.25) is 0 Å². The zero-order chi connectivity index (χ0) is 55.6. The molecule has 0 amide bonds. The minimum atomic E-state index is -0.161. The van der Waals surface area contributed by atoms with Gasteiger partial charge in [-0.05, 0) is 173 Å². The molecular weight excluding hydrogens is 1000 g/mol. The van der Waals surface area contributed by atoms with E-state index in [0.29, 0.717) is 0 Å². The van der Waals surface area contributed by atoms with Crippen LogP contribution in [0.5, 0.6) is 0 Å². The van der Waals surface area contributed by atoms with Crippen molar-refractivity contribution in [3.8, 4) is 55.6 Å². The average Bonchev–Trinajstić information content (AvgIpc) is 4.12. The normalized spacial score (nSPS) is 13.5. The van der Waals surface area contributed by atoms with Gasteiger partial charge in [-0.1, -0.05) is 228 Å². The Balaban J connectivity index is 0.821. The fourth-order valence-electron chi connectivity index (χ4n) is 14.1. The van der Waals surface area contributed by atoms with Crippen molar-refractivity contribution in [2.45, 2.75) is 38.5 Å². The van der Waals surface area contributed by atoms with Crippen LogP contribution in [0.1, 0.15) is 49.9 Å². The van der Waals surface area contributed by atoms with Gasteiger partial charge in [0.15, 0.2) is 0 Å². The Morgan fingerprint density at radius 1 is 0.253 bits per heavy atom. The van der Waals surface area contributed by atoms with Gasteiger partial charge in [0.05, 0.1) is 5.69 Å². The second-order valence-corrected chi connectivity index (χ2v) is 23.6. The summed E-state index contributed by atoms with van der Waals surface area (Å²) >= 11 is 0. The Morgan fingerprint density at radius 3 is 1.16 bits per heavy atom. The largest absolute Gasteiger partial charge is 0.456 e. The van der Waals surface area contributed by atoms with Gasteiger partial charge in [-0.2, -0.15) is 0 Å². The van der Waals surface area contributed by atoms with E-state index in [1.165, 1.54) is 66.8 Å². The molecule has 0 spiro atoms. The SMILES string of the molecule is CC1(C)c2ccccc2-c2ccc(N(c3ccc(-c4ccccc4)cc3)c3ccc(-c4ccc5oc6ccc(N(c7ccc(-c8ccccc8)cc7)c7ccc8c(c7)C(C)(C)c7ccccc7-8)c7cccc(c8cccc4c58)c67)cc3)cc21. The van der Waals surface area contributed by atoms with E-state index in [1.807, 2.05) is 0 Å². The first-order valence-corrected chi connectivity index (χ1v) is 29.0. The molecule has 0 radical (unpaired) electrons. The summed E-state index contributed by atoms with van der Waals surface area (Å²) in [6.07, 6.45) is 0. The first-order chi connectivity index (χ1) is 40.7. The molecule has 2 aliphatic rings. The number of benzene rings is 13. The van der Waals surface area contributed by atoms with Gasteiger partial charge < -0.3 is 14.2 Å². The molecule has 0 saturated heterocycles.